The zero-order chi connectivity index (χ0) is 13.7. The van der Waals surface area contributed by atoms with E-state index in [1.54, 1.807) is 11.3 Å². The Hall–Kier alpha value is -1.87. The van der Waals surface area contributed by atoms with Crippen LogP contribution in [0.15, 0.2) is 53.4 Å². The highest BCUT2D eigenvalue weighted by molar-refractivity contribution is 7.13. The van der Waals surface area contributed by atoms with Crippen molar-refractivity contribution in [2.75, 3.05) is 0 Å². The summed E-state index contributed by atoms with van der Waals surface area (Å²) in [5, 5.41) is 10.7. The van der Waals surface area contributed by atoms with E-state index in [2.05, 4.69) is 35.7 Å². The highest BCUT2D eigenvalue weighted by Crippen LogP contribution is 2.25. The number of allylic oxidation sites excluding steroid dienone is 1. The molecule has 98 valence electrons. The molecule has 0 radical (unpaired) electrons. The number of hydrogen-bond acceptors (Lipinski definition) is 2. The molecule has 0 unspecified atom stereocenters. The van der Waals surface area contributed by atoms with Crippen molar-refractivity contribution in [2.24, 2.45) is 0 Å². The lowest BCUT2D eigenvalue weighted by Crippen LogP contribution is -1.92. The van der Waals surface area contributed by atoms with Crippen LogP contribution in [-0.4, -0.2) is 11.1 Å². The quantitative estimate of drug-likeness (QED) is 0.820. The van der Waals surface area contributed by atoms with Crippen LogP contribution in [0.5, 0.6) is 0 Å². The third-order valence-corrected chi connectivity index (χ3v) is 3.83. The molecule has 2 rings (SSSR count). The predicted octanol–water partition coefficient (Wildman–Crippen LogP) is 4.38. The fourth-order valence-corrected chi connectivity index (χ4v) is 2.67. The second-order valence-electron chi connectivity index (χ2n) is 4.51. The zero-order valence-electron chi connectivity index (χ0n) is 10.8. The van der Waals surface area contributed by atoms with Gasteiger partial charge >= 0.3 is 5.97 Å². The van der Waals surface area contributed by atoms with Gasteiger partial charge in [-0.05, 0) is 42.3 Å². The van der Waals surface area contributed by atoms with Gasteiger partial charge in [0.05, 0.1) is 0 Å². The molecule has 0 bridgehead atoms. The largest absolute Gasteiger partial charge is 0.478 e. The van der Waals surface area contributed by atoms with Gasteiger partial charge in [0.1, 0.15) is 0 Å². The van der Waals surface area contributed by atoms with Crippen molar-refractivity contribution < 1.29 is 9.90 Å². The molecule has 0 aliphatic rings. The summed E-state index contributed by atoms with van der Waals surface area (Å²) in [5.74, 6) is -0.871. The van der Waals surface area contributed by atoms with Gasteiger partial charge in [-0.15, -0.1) is 11.3 Å². The number of carbonyl (C=O) groups is 1. The molecule has 0 fully saturated rings. The highest BCUT2D eigenvalue weighted by Gasteiger charge is 2.01. The van der Waals surface area contributed by atoms with Crippen molar-refractivity contribution in [3.05, 3.63) is 59.0 Å². The van der Waals surface area contributed by atoms with Crippen LogP contribution >= 0.6 is 11.3 Å². The minimum Gasteiger partial charge on any atom is -0.478 e. The van der Waals surface area contributed by atoms with Gasteiger partial charge in [-0.25, -0.2) is 4.79 Å². The fourth-order valence-electron chi connectivity index (χ4n) is 1.95. The molecule has 0 saturated heterocycles. The summed E-state index contributed by atoms with van der Waals surface area (Å²) in [6.07, 6.45) is 2.93. The van der Waals surface area contributed by atoms with E-state index in [1.807, 2.05) is 13.0 Å². The van der Waals surface area contributed by atoms with E-state index in [1.165, 1.54) is 22.1 Å². The Morgan fingerprint density at radius 3 is 2.84 bits per heavy atom. The van der Waals surface area contributed by atoms with Crippen LogP contribution in [0.2, 0.25) is 0 Å². The summed E-state index contributed by atoms with van der Waals surface area (Å²) >= 11 is 1.73. The average molecular weight is 272 g/mol. The molecule has 2 nitrogen and oxygen atoms in total. The maximum absolute atomic E-state index is 10.6. The monoisotopic (exact) mass is 272 g/mol. The predicted molar refractivity (Wildman–Crippen MR) is 79.5 cm³/mol. The van der Waals surface area contributed by atoms with Gasteiger partial charge < -0.3 is 5.11 Å². The lowest BCUT2D eigenvalue weighted by molar-refractivity contribution is -0.131. The first kappa shape index (κ1) is 13.6. The number of benzene rings is 1. The number of aliphatic carboxylic acids is 1. The van der Waals surface area contributed by atoms with Crippen molar-refractivity contribution in [1.82, 2.24) is 0 Å². The molecule has 1 aromatic carbocycles. The third-order valence-electron chi connectivity index (χ3n) is 2.91. The molecule has 1 N–H and O–H groups in total. The molecule has 1 heterocycles. The zero-order valence-corrected chi connectivity index (χ0v) is 11.6. The lowest BCUT2D eigenvalue weighted by Gasteiger charge is -2.04. The number of thiophene rings is 1. The first-order chi connectivity index (χ1) is 9.15. The lowest BCUT2D eigenvalue weighted by atomic mass is 10.0. The summed E-state index contributed by atoms with van der Waals surface area (Å²) in [5.41, 5.74) is 3.37. The summed E-state index contributed by atoms with van der Waals surface area (Å²) < 4.78 is 0. The van der Waals surface area contributed by atoms with Crippen LogP contribution < -0.4 is 0 Å². The van der Waals surface area contributed by atoms with Crippen molar-refractivity contribution in [1.29, 1.82) is 0 Å². The number of carboxylic acid groups (broad SMARTS) is 1. The molecule has 3 heteroatoms. The number of hydrogen-bond donors (Lipinski definition) is 1. The Balaban J connectivity index is 2.06. The summed E-state index contributed by atoms with van der Waals surface area (Å²) in [7, 11) is 0. The van der Waals surface area contributed by atoms with E-state index in [0.29, 0.717) is 0 Å². The third kappa shape index (κ3) is 4.07. The molecule has 19 heavy (non-hydrogen) atoms. The minimum absolute atomic E-state index is 0.778. The topological polar surface area (TPSA) is 37.3 Å². The molecular formula is C16H16O2S. The van der Waals surface area contributed by atoms with Gasteiger partial charge in [0.25, 0.3) is 0 Å². The number of aryl methyl sites for hydroxylation is 1. The average Bonchev–Trinajstić information content (AvgIpc) is 2.90. The Labute approximate surface area is 117 Å². The Kier molecular flexibility index (Phi) is 4.53. The molecule has 0 atom stereocenters. The van der Waals surface area contributed by atoms with E-state index >= 15 is 0 Å². The van der Waals surface area contributed by atoms with Crippen molar-refractivity contribution in [2.45, 2.75) is 19.8 Å². The Bertz CT molecular complexity index is 583. The highest BCUT2D eigenvalue weighted by atomic mass is 32.1. The SMILES string of the molecule is C/C(=C\C(=O)O)CCc1cccc(-c2cccs2)c1. The van der Waals surface area contributed by atoms with Crippen molar-refractivity contribution >= 4 is 17.3 Å². The van der Waals surface area contributed by atoms with Crippen LogP contribution in [0.25, 0.3) is 10.4 Å². The van der Waals surface area contributed by atoms with Gasteiger partial charge in [0, 0.05) is 11.0 Å². The molecular weight excluding hydrogens is 256 g/mol. The van der Waals surface area contributed by atoms with Gasteiger partial charge in [-0.1, -0.05) is 35.9 Å². The maximum atomic E-state index is 10.6. The molecule has 0 aliphatic heterocycles. The van der Waals surface area contributed by atoms with Crippen LogP contribution in [0.3, 0.4) is 0 Å². The summed E-state index contributed by atoms with van der Waals surface area (Å²) in [6.45, 7) is 1.86. The first-order valence-electron chi connectivity index (χ1n) is 6.18. The normalized spacial score (nSPS) is 11.5. The smallest absolute Gasteiger partial charge is 0.328 e. The number of rotatable bonds is 5. The van der Waals surface area contributed by atoms with Gasteiger partial charge in [0.15, 0.2) is 0 Å². The van der Waals surface area contributed by atoms with Gasteiger partial charge in [-0.2, -0.15) is 0 Å². The van der Waals surface area contributed by atoms with E-state index in [9.17, 15) is 4.79 Å². The van der Waals surface area contributed by atoms with Crippen molar-refractivity contribution in [3.63, 3.8) is 0 Å². The van der Waals surface area contributed by atoms with E-state index in [0.717, 1.165) is 18.4 Å². The second-order valence-corrected chi connectivity index (χ2v) is 5.45. The molecule has 0 amide bonds. The fraction of sp³-hybridized carbons (Fsp3) is 0.188. The molecule has 0 aliphatic carbocycles. The molecule has 0 saturated carbocycles. The molecule has 2 aromatic rings. The van der Waals surface area contributed by atoms with Crippen LogP contribution in [0.4, 0.5) is 0 Å². The molecule has 1 aromatic heterocycles. The minimum atomic E-state index is -0.871. The van der Waals surface area contributed by atoms with Gasteiger partial charge in [0.2, 0.25) is 0 Å². The van der Waals surface area contributed by atoms with Crippen LogP contribution in [-0.2, 0) is 11.2 Å². The summed E-state index contributed by atoms with van der Waals surface area (Å²) in [6, 6.07) is 12.6. The van der Waals surface area contributed by atoms with E-state index < -0.39 is 5.97 Å². The first-order valence-corrected chi connectivity index (χ1v) is 7.06. The van der Waals surface area contributed by atoms with Gasteiger partial charge in [-0.3, -0.25) is 0 Å². The Morgan fingerprint density at radius 1 is 1.32 bits per heavy atom. The molecule has 0 spiro atoms. The van der Waals surface area contributed by atoms with Crippen LogP contribution in [0, 0.1) is 0 Å². The Morgan fingerprint density at radius 2 is 2.16 bits per heavy atom. The maximum Gasteiger partial charge on any atom is 0.328 e. The standard InChI is InChI=1S/C16H16O2S/c1-12(10-16(17)18)7-8-13-4-2-5-14(11-13)15-6-3-9-19-15/h2-6,9-11H,7-8H2,1H3,(H,17,18)/b12-10+. The summed E-state index contributed by atoms with van der Waals surface area (Å²) in [4.78, 5) is 11.8. The van der Waals surface area contributed by atoms with E-state index in [-0.39, 0.29) is 0 Å². The second kappa shape index (κ2) is 6.34. The van der Waals surface area contributed by atoms with Crippen LogP contribution in [0.1, 0.15) is 18.9 Å². The van der Waals surface area contributed by atoms with E-state index in [4.69, 9.17) is 5.11 Å². The van der Waals surface area contributed by atoms with Crippen molar-refractivity contribution in [3.8, 4) is 10.4 Å². The number of carboxylic acids is 1.